The van der Waals surface area contributed by atoms with Gasteiger partial charge in [0.15, 0.2) is 12.6 Å². The van der Waals surface area contributed by atoms with Crippen LogP contribution in [0.15, 0.2) is 91.0 Å². The molecule has 1 unspecified atom stereocenters. The number of hydrogen-bond donors (Lipinski definition) is 1. The van der Waals surface area contributed by atoms with Gasteiger partial charge in [-0.1, -0.05) is 91.0 Å². The van der Waals surface area contributed by atoms with Crippen molar-refractivity contribution in [3.63, 3.8) is 0 Å². The molecule has 6 heteroatoms. The van der Waals surface area contributed by atoms with Crippen molar-refractivity contribution < 1.29 is 28.8 Å². The first kappa shape index (κ1) is 22.2. The van der Waals surface area contributed by atoms with Crippen LogP contribution < -0.4 is 0 Å². The van der Waals surface area contributed by atoms with Crippen LogP contribution in [0.2, 0.25) is 0 Å². The maximum Gasteiger partial charge on any atom is 0.184 e. The average Bonchev–Trinajstić information content (AvgIpc) is 2.88. The summed E-state index contributed by atoms with van der Waals surface area (Å²) in [5.74, 6) is 0. The second-order valence-electron chi connectivity index (χ2n) is 8.26. The van der Waals surface area contributed by atoms with E-state index in [2.05, 4.69) is 0 Å². The molecule has 2 aliphatic rings. The minimum absolute atomic E-state index is 0.290. The molecule has 5 rings (SSSR count). The Balaban J connectivity index is 1.36. The van der Waals surface area contributed by atoms with E-state index < -0.39 is 37.0 Å². The Hall–Kier alpha value is -2.58. The van der Waals surface area contributed by atoms with Crippen molar-refractivity contribution in [2.24, 2.45) is 0 Å². The molecule has 0 bridgehead atoms. The van der Waals surface area contributed by atoms with E-state index in [1.54, 1.807) is 0 Å². The van der Waals surface area contributed by atoms with E-state index in [0.29, 0.717) is 13.2 Å². The van der Waals surface area contributed by atoms with E-state index in [-0.39, 0.29) is 6.61 Å². The van der Waals surface area contributed by atoms with E-state index in [1.807, 2.05) is 91.0 Å². The summed E-state index contributed by atoms with van der Waals surface area (Å²) in [7, 11) is 0. The first-order valence-electron chi connectivity index (χ1n) is 11.2. The van der Waals surface area contributed by atoms with Crippen LogP contribution in [0, 0.1) is 0 Å². The van der Waals surface area contributed by atoms with E-state index in [1.165, 1.54) is 0 Å². The summed E-state index contributed by atoms with van der Waals surface area (Å²) < 4.78 is 30.6. The molecule has 2 fully saturated rings. The van der Waals surface area contributed by atoms with Gasteiger partial charge in [0, 0.05) is 5.56 Å². The monoisotopic (exact) mass is 448 g/mol. The van der Waals surface area contributed by atoms with Gasteiger partial charge in [-0.15, -0.1) is 0 Å². The van der Waals surface area contributed by atoms with Crippen LogP contribution in [0.5, 0.6) is 0 Å². The van der Waals surface area contributed by atoms with Gasteiger partial charge in [0.2, 0.25) is 0 Å². The molecule has 2 saturated heterocycles. The first-order chi connectivity index (χ1) is 16.3. The largest absolute Gasteiger partial charge is 0.368 e. The molecular formula is C27H28O6. The summed E-state index contributed by atoms with van der Waals surface area (Å²) in [6.07, 6.45) is -3.88. The van der Waals surface area contributed by atoms with Crippen LogP contribution in [0.1, 0.15) is 23.0 Å². The van der Waals surface area contributed by atoms with Crippen LogP contribution in [0.4, 0.5) is 0 Å². The molecular weight excluding hydrogens is 420 g/mol. The molecule has 1 N–H and O–H groups in total. The van der Waals surface area contributed by atoms with Crippen LogP contribution in [-0.4, -0.2) is 42.4 Å². The molecule has 2 aliphatic heterocycles. The van der Waals surface area contributed by atoms with Crippen LogP contribution in [0.3, 0.4) is 0 Å². The zero-order valence-electron chi connectivity index (χ0n) is 18.2. The summed E-state index contributed by atoms with van der Waals surface area (Å²) in [5.41, 5.74) is 2.96. The highest BCUT2D eigenvalue weighted by Crippen LogP contribution is 2.36. The van der Waals surface area contributed by atoms with E-state index >= 15 is 0 Å². The van der Waals surface area contributed by atoms with Gasteiger partial charge in [-0.05, 0) is 11.1 Å². The molecule has 0 saturated carbocycles. The third-order valence-electron chi connectivity index (χ3n) is 5.94. The number of aliphatic hydroxyl groups is 1. The Bertz CT molecular complexity index is 983. The lowest BCUT2D eigenvalue weighted by atomic mass is 9.97. The molecule has 0 aliphatic carbocycles. The Morgan fingerprint density at radius 2 is 1.24 bits per heavy atom. The highest BCUT2D eigenvalue weighted by molar-refractivity contribution is 5.17. The standard InChI is InChI=1S/C27H28O6/c28-26-25(30-17-20-12-6-2-7-13-20)24(29-16-19-10-4-1-5-11-19)23-22(32-26)18-31-27(33-23)21-14-8-3-9-15-21/h1-15,22-28H,16-18H2/t22-,23-,24+,25-,26+,27?/m1/s1. The SMILES string of the molecule is O[C@H]1O[C@@H]2COC(c3ccccc3)O[C@H]2[C@H](OCc2ccccc2)[C@H]1OCc1ccccc1. The van der Waals surface area contributed by atoms with Gasteiger partial charge >= 0.3 is 0 Å². The zero-order chi connectivity index (χ0) is 22.5. The third-order valence-corrected chi connectivity index (χ3v) is 5.94. The quantitative estimate of drug-likeness (QED) is 0.590. The molecule has 0 radical (unpaired) electrons. The lowest BCUT2D eigenvalue weighted by Crippen LogP contribution is -2.63. The van der Waals surface area contributed by atoms with Crippen molar-refractivity contribution in [3.8, 4) is 0 Å². The topological polar surface area (TPSA) is 66.4 Å². The fourth-order valence-electron chi connectivity index (χ4n) is 4.24. The minimum atomic E-state index is -1.16. The van der Waals surface area contributed by atoms with Gasteiger partial charge in [-0.3, -0.25) is 0 Å². The summed E-state index contributed by atoms with van der Waals surface area (Å²) in [5, 5.41) is 10.8. The number of ether oxygens (including phenoxy) is 5. The molecule has 33 heavy (non-hydrogen) atoms. The number of benzene rings is 3. The molecule has 3 aromatic rings. The first-order valence-corrected chi connectivity index (χ1v) is 11.2. The molecule has 0 aromatic heterocycles. The fourth-order valence-corrected chi connectivity index (χ4v) is 4.24. The van der Waals surface area contributed by atoms with Crippen molar-refractivity contribution in [1.82, 2.24) is 0 Å². The van der Waals surface area contributed by atoms with Gasteiger partial charge in [0.1, 0.15) is 24.4 Å². The van der Waals surface area contributed by atoms with Gasteiger partial charge in [0.25, 0.3) is 0 Å². The van der Waals surface area contributed by atoms with Crippen LogP contribution in [0.25, 0.3) is 0 Å². The maximum absolute atomic E-state index is 10.8. The molecule has 0 spiro atoms. The van der Waals surface area contributed by atoms with Crippen molar-refractivity contribution >= 4 is 0 Å². The third kappa shape index (κ3) is 5.33. The Labute approximate surface area is 193 Å². The van der Waals surface area contributed by atoms with Gasteiger partial charge in [-0.2, -0.15) is 0 Å². The summed E-state index contributed by atoms with van der Waals surface area (Å²) in [6.45, 7) is 0.984. The number of aliphatic hydroxyl groups excluding tert-OH is 1. The predicted molar refractivity (Wildman–Crippen MR) is 121 cm³/mol. The molecule has 172 valence electrons. The number of fused-ring (bicyclic) bond motifs is 1. The van der Waals surface area contributed by atoms with Crippen molar-refractivity contribution in [1.29, 1.82) is 0 Å². The fraction of sp³-hybridized carbons (Fsp3) is 0.333. The predicted octanol–water partition coefficient (Wildman–Crippen LogP) is 3.99. The minimum Gasteiger partial charge on any atom is -0.368 e. The highest BCUT2D eigenvalue weighted by atomic mass is 16.7. The van der Waals surface area contributed by atoms with E-state index in [0.717, 1.165) is 16.7 Å². The molecule has 0 amide bonds. The van der Waals surface area contributed by atoms with Crippen LogP contribution in [-0.2, 0) is 36.9 Å². The number of hydrogen-bond acceptors (Lipinski definition) is 6. The normalized spacial score (nSPS) is 29.4. The van der Waals surface area contributed by atoms with Crippen molar-refractivity contribution in [2.75, 3.05) is 6.61 Å². The molecule has 3 aromatic carbocycles. The van der Waals surface area contributed by atoms with E-state index in [4.69, 9.17) is 23.7 Å². The summed E-state index contributed by atoms with van der Waals surface area (Å²) in [4.78, 5) is 0. The van der Waals surface area contributed by atoms with Gasteiger partial charge < -0.3 is 28.8 Å². The highest BCUT2D eigenvalue weighted by Gasteiger charge is 2.51. The van der Waals surface area contributed by atoms with Gasteiger partial charge in [-0.25, -0.2) is 0 Å². The second kappa shape index (κ2) is 10.6. The zero-order valence-corrected chi connectivity index (χ0v) is 18.2. The Morgan fingerprint density at radius 1 is 0.697 bits per heavy atom. The van der Waals surface area contributed by atoms with Crippen molar-refractivity contribution in [2.45, 2.75) is 50.2 Å². The molecule has 6 nitrogen and oxygen atoms in total. The summed E-state index contributed by atoms with van der Waals surface area (Å²) in [6, 6.07) is 29.5. The average molecular weight is 449 g/mol. The van der Waals surface area contributed by atoms with Crippen molar-refractivity contribution in [3.05, 3.63) is 108 Å². The van der Waals surface area contributed by atoms with Gasteiger partial charge in [0.05, 0.1) is 19.8 Å². The smallest absolute Gasteiger partial charge is 0.184 e. The summed E-state index contributed by atoms with van der Waals surface area (Å²) >= 11 is 0. The van der Waals surface area contributed by atoms with Crippen LogP contribution >= 0.6 is 0 Å². The number of rotatable bonds is 7. The lowest BCUT2D eigenvalue weighted by Gasteiger charge is -2.47. The van der Waals surface area contributed by atoms with E-state index in [9.17, 15) is 5.11 Å². The maximum atomic E-state index is 10.8. The molecule has 2 heterocycles. The Morgan fingerprint density at radius 3 is 1.85 bits per heavy atom. The molecule has 6 atom stereocenters. The Kier molecular flexibility index (Phi) is 7.12. The second-order valence-corrected chi connectivity index (χ2v) is 8.26. The lowest BCUT2D eigenvalue weighted by molar-refractivity contribution is -0.366.